The molecule has 1 atom stereocenters. The molecule has 2 aromatic rings. The van der Waals surface area contributed by atoms with Gasteiger partial charge in [-0.15, -0.1) is 0 Å². The summed E-state index contributed by atoms with van der Waals surface area (Å²) in [5, 5.41) is 7.20. The number of nitrogen functional groups attached to an aromatic ring is 1. The highest BCUT2D eigenvalue weighted by Crippen LogP contribution is 2.19. The largest absolute Gasteiger partial charge is 0.444 e. The zero-order valence-electron chi connectivity index (χ0n) is 13.8. The Hall–Kier alpha value is -3.57. The van der Waals surface area contributed by atoms with Crippen molar-refractivity contribution in [1.29, 1.82) is 0 Å². The van der Waals surface area contributed by atoms with E-state index in [1.54, 1.807) is 6.07 Å². The van der Waals surface area contributed by atoms with Crippen LogP contribution in [-0.2, 0) is 4.79 Å². The number of carbonyl (C=O) groups is 2. The Bertz CT molecular complexity index is 899. The van der Waals surface area contributed by atoms with E-state index in [1.165, 1.54) is 12.3 Å². The molecule has 10 nitrogen and oxygen atoms in total. The Morgan fingerprint density at radius 2 is 2.22 bits per heavy atom. The molecule has 0 saturated heterocycles. The van der Waals surface area contributed by atoms with Gasteiger partial charge in [0.15, 0.2) is 5.69 Å². The average molecular weight is 379 g/mol. The second-order valence-electron chi connectivity index (χ2n) is 5.65. The lowest BCUT2D eigenvalue weighted by atomic mass is 10.1. The minimum atomic E-state index is -2.65. The van der Waals surface area contributed by atoms with Gasteiger partial charge in [-0.1, -0.05) is 0 Å². The molecule has 1 unspecified atom stereocenters. The number of amides is 2. The van der Waals surface area contributed by atoms with Gasteiger partial charge in [0.1, 0.15) is 17.8 Å². The number of primary amides is 1. The zero-order chi connectivity index (χ0) is 19.6. The van der Waals surface area contributed by atoms with Crippen LogP contribution in [0.1, 0.15) is 10.5 Å². The molecule has 0 bridgehead atoms. The van der Waals surface area contributed by atoms with Crippen LogP contribution in [0.15, 0.2) is 34.1 Å². The maximum Gasteiger partial charge on any atom is 0.273 e. The van der Waals surface area contributed by atoms with E-state index >= 15 is 0 Å². The highest BCUT2D eigenvalue weighted by molar-refractivity contribution is 6.41. The van der Waals surface area contributed by atoms with Gasteiger partial charge < -0.3 is 21.2 Å². The van der Waals surface area contributed by atoms with Crippen LogP contribution in [0, 0.1) is 0 Å². The third-order valence-corrected chi connectivity index (χ3v) is 3.64. The molecule has 3 rings (SSSR count). The van der Waals surface area contributed by atoms with Crippen LogP contribution in [0.25, 0.3) is 11.5 Å². The summed E-state index contributed by atoms with van der Waals surface area (Å²) in [5.74, 6) is -1.19. The van der Waals surface area contributed by atoms with E-state index in [0.717, 1.165) is 11.3 Å². The number of aromatic nitrogens is 2. The van der Waals surface area contributed by atoms with Crippen LogP contribution >= 0.6 is 0 Å². The van der Waals surface area contributed by atoms with E-state index in [9.17, 15) is 18.4 Å². The van der Waals surface area contributed by atoms with Gasteiger partial charge in [-0.25, -0.2) is 18.7 Å². The quantitative estimate of drug-likeness (QED) is 0.630. The number of nitrogens with zero attached hydrogens (tertiary/aromatic N) is 4. The molecule has 12 heteroatoms. The molecule has 2 amide bonds. The first-order valence-electron chi connectivity index (χ1n) is 7.73. The molecule has 0 radical (unpaired) electrons. The minimum absolute atomic E-state index is 0.0727. The number of pyridine rings is 1. The summed E-state index contributed by atoms with van der Waals surface area (Å²) in [6.07, 6.45) is -0.0718. The van der Waals surface area contributed by atoms with Gasteiger partial charge in [0, 0.05) is 11.8 Å². The van der Waals surface area contributed by atoms with Crippen LogP contribution < -0.4 is 16.8 Å². The lowest BCUT2D eigenvalue weighted by Gasteiger charge is -2.15. The van der Waals surface area contributed by atoms with Crippen molar-refractivity contribution in [2.45, 2.75) is 12.5 Å². The number of nitrogens with two attached hydrogens (primary N) is 2. The number of oxazole rings is 1. The number of halogens is 2. The molecule has 0 aromatic carbocycles. The van der Waals surface area contributed by atoms with Gasteiger partial charge in [-0.3, -0.25) is 14.6 Å². The van der Waals surface area contributed by atoms with E-state index in [1.807, 2.05) is 0 Å². The van der Waals surface area contributed by atoms with Crippen molar-refractivity contribution in [3.05, 3.63) is 30.3 Å². The summed E-state index contributed by atoms with van der Waals surface area (Å²) in [7, 11) is 0. The highest BCUT2D eigenvalue weighted by atomic mass is 19.3. The predicted molar refractivity (Wildman–Crippen MR) is 89.6 cm³/mol. The summed E-state index contributed by atoms with van der Waals surface area (Å²) in [6.45, 7) is -0.791. The van der Waals surface area contributed by atoms with Gasteiger partial charge in [-0.05, 0) is 12.1 Å². The van der Waals surface area contributed by atoms with Crippen molar-refractivity contribution in [3.8, 4) is 11.5 Å². The fraction of sp³-hybridized carbons (Fsp3) is 0.267. The summed E-state index contributed by atoms with van der Waals surface area (Å²) in [4.78, 5) is 31.7. The zero-order valence-corrected chi connectivity index (χ0v) is 13.8. The van der Waals surface area contributed by atoms with Gasteiger partial charge in [0.2, 0.25) is 5.89 Å². The van der Waals surface area contributed by atoms with E-state index < -0.39 is 30.8 Å². The Morgan fingerprint density at radius 1 is 1.44 bits per heavy atom. The highest BCUT2D eigenvalue weighted by Gasteiger charge is 2.33. The normalized spacial score (nSPS) is 16.5. The summed E-state index contributed by atoms with van der Waals surface area (Å²) >= 11 is 0. The van der Waals surface area contributed by atoms with Gasteiger partial charge in [-0.2, -0.15) is 5.10 Å². The first kappa shape index (κ1) is 18.2. The molecule has 2 aromatic heterocycles. The predicted octanol–water partition coefficient (Wildman–Crippen LogP) is -0.161. The molecule has 0 spiro atoms. The monoisotopic (exact) mass is 379 g/mol. The number of rotatable bonds is 6. The molecule has 5 N–H and O–H groups in total. The molecule has 1 aliphatic heterocycles. The van der Waals surface area contributed by atoms with Gasteiger partial charge >= 0.3 is 0 Å². The van der Waals surface area contributed by atoms with Crippen LogP contribution in [0.4, 0.5) is 14.6 Å². The lowest BCUT2D eigenvalue weighted by Crippen LogP contribution is -2.46. The summed E-state index contributed by atoms with van der Waals surface area (Å²) < 4.78 is 30.3. The molecule has 1 aliphatic rings. The maximum atomic E-state index is 12.5. The van der Waals surface area contributed by atoms with Crippen LogP contribution in [0.3, 0.4) is 0 Å². The first-order valence-corrected chi connectivity index (χ1v) is 7.73. The molecule has 27 heavy (non-hydrogen) atoms. The molecule has 0 fully saturated rings. The Balaban J connectivity index is 1.72. The second-order valence-corrected chi connectivity index (χ2v) is 5.65. The second kappa shape index (κ2) is 7.35. The van der Waals surface area contributed by atoms with Crippen LogP contribution in [-0.4, -0.2) is 58.1 Å². The van der Waals surface area contributed by atoms with Gasteiger partial charge in [0.05, 0.1) is 19.1 Å². The van der Waals surface area contributed by atoms with E-state index in [-0.39, 0.29) is 29.7 Å². The molecular formula is C15H15F2N7O3. The van der Waals surface area contributed by atoms with E-state index in [4.69, 9.17) is 15.9 Å². The van der Waals surface area contributed by atoms with Crippen molar-refractivity contribution in [2.24, 2.45) is 10.8 Å². The number of anilines is 1. The minimum Gasteiger partial charge on any atom is -0.444 e. The Labute approximate surface area is 151 Å². The Kier molecular flexibility index (Phi) is 4.96. The SMILES string of the molecule is NC(=O)C1=NN(CC(F)F)CC1NC(=O)c1coc(-c2ccnc(N)c2)n1. The molecule has 142 valence electrons. The van der Waals surface area contributed by atoms with E-state index in [2.05, 4.69) is 20.4 Å². The third-order valence-electron chi connectivity index (χ3n) is 3.64. The van der Waals surface area contributed by atoms with Gasteiger partial charge in [0.25, 0.3) is 18.2 Å². The van der Waals surface area contributed by atoms with Crippen molar-refractivity contribution >= 4 is 23.3 Å². The van der Waals surface area contributed by atoms with Crippen molar-refractivity contribution in [2.75, 3.05) is 18.8 Å². The number of nitrogens with one attached hydrogen (secondary N) is 1. The van der Waals surface area contributed by atoms with Crippen molar-refractivity contribution in [3.63, 3.8) is 0 Å². The van der Waals surface area contributed by atoms with Crippen LogP contribution in [0.2, 0.25) is 0 Å². The maximum absolute atomic E-state index is 12.5. The average Bonchev–Trinajstić information content (AvgIpc) is 3.21. The standard InChI is InChI=1S/C15H15F2N7O3/c16-10(17)5-24-4-8(12(23-24)13(19)25)21-14(26)9-6-27-15(22-9)7-1-2-20-11(18)3-7/h1-3,6,8,10H,4-5H2,(H2,18,20)(H2,19,25)(H,21,26). The lowest BCUT2D eigenvalue weighted by molar-refractivity contribution is -0.112. The number of alkyl halides is 2. The summed E-state index contributed by atoms with van der Waals surface area (Å²) in [5.41, 5.74) is 11.0. The fourth-order valence-electron chi connectivity index (χ4n) is 2.49. The van der Waals surface area contributed by atoms with Crippen LogP contribution in [0.5, 0.6) is 0 Å². The fourth-order valence-corrected chi connectivity index (χ4v) is 2.49. The molecule has 0 saturated carbocycles. The van der Waals surface area contributed by atoms with E-state index in [0.29, 0.717) is 5.56 Å². The number of hydrazone groups is 1. The molecule has 3 heterocycles. The van der Waals surface area contributed by atoms with Crippen molar-refractivity contribution < 1.29 is 22.8 Å². The Morgan fingerprint density at radius 3 is 2.89 bits per heavy atom. The number of hydrogen-bond donors (Lipinski definition) is 3. The number of hydrogen-bond acceptors (Lipinski definition) is 8. The molecular weight excluding hydrogens is 364 g/mol. The number of carbonyl (C=O) groups excluding carboxylic acids is 2. The smallest absolute Gasteiger partial charge is 0.273 e. The summed E-state index contributed by atoms with van der Waals surface area (Å²) in [6, 6.07) is 2.18. The third kappa shape index (κ3) is 4.16. The first-order chi connectivity index (χ1) is 12.8. The topological polar surface area (TPSA) is 153 Å². The van der Waals surface area contributed by atoms with Crippen molar-refractivity contribution in [1.82, 2.24) is 20.3 Å². The molecule has 0 aliphatic carbocycles.